The third kappa shape index (κ3) is 5.16. The molecule has 0 amide bonds. The average molecular weight is 216 g/mol. The average Bonchev–Trinajstić information content (AvgIpc) is 1.35. The van der Waals surface area contributed by atoms with E-state index in [1.165, 1.54) is 4.43 Å². The van der Waals surface area contributed by atoms with E-state index in [-0.39, 0.29) is 0 Å². The van der Waals surface area contributed by atoms with E-state index in [0.717, 1.165) is 0 Å². The summed E-state index contributed by atoms with van der Waals surface area (Å²) in [7, 11) is 2.78. The Morgan fingerprint density at radius 2 is 1.83 bits per heavy atom. The van der Waals surface area contributed by atoms with Crippen LogP contribution in [0.2, 0.25) is 0 Å². The van der Waals surface area contributed by atoms with Gasteiger partial charge < -0.3 is 0 Å². The van der Waals surface area contributed by atoms with Crippen molar-refractivity contribution in [2.75, 3.05) is 4.43 Å². The number of alkyl halides is 1. The molecule has 0 bridgehead atoms. The standard InChI is InChI=1S/C4H10IP/c1-4(2,6)3-5/h3,6H2,1-2H3. The molecular weight excluding hydrogens is 206 g/mol. The third-order valence-electron chi connectivity index (χ3n) is 0.344. The Morgan fingerprint density at radius 1 is 1.67 bits per heavy atom. The Balaban J connectivity index is 3.17. The first-order valence-electron chi connectivity index (χ1n) is 1.91. The molecule has 0 nitrogen and oxygen atoms in total. The van der Waals surface area contributed by atoms with Gasteiger partial charge in [0, 0.05) is 4.43 Å². The molecule has 0 N–H and O–H groups in total. The van der Waals surface area contributed by atoms with E-state index in [2.05, 4.69) is 45.7 Å². The zero-order chi connectivity index (χ0) is 5.21. The summed E-state index contributed by atoms with van der Waals surface area (Å²) in [5.41, 5.74) is 0. The first kappa shape index (κ1) is 7.16. The zero-order valence-electron chi connectivity index (χ0n) is 4.16. The summed E-state index contributed by atoms with van der Waals surface area (Å²) in [6.45, 7) is 4.40. The van der Waals surface area contributed by atoms with E-state index in [1.807, 2.05) is 0 Å². The normalized spacial score (nSPS) is 12.0. The van der Waals surface area contributed by atoms with Crippen LogP contribution in [0.5, 0.6) is 0 Å². The minimum atomic E-state index is 0.445. The molecule has 0 saturated heterocycles. The summed E-state index contributed by atoms with van der Waals surface area (Å²) in [6, 6.07) is 0. The monoisotopic (exact) mass is 216 g/mol. The van der Waals surface area contributed by atoms with Gasteiger partial charge in [-0.3, -0.25) is 0 Å². The lowest BCUT2D eigenvalue weighted by Crippen LogP contribution is -2.09. The summed E-state index contributed by atoms with van der Waals surface area (Å²) >= 11 is 2.37. The van der Waals surface area contributed by atoms with Gasteiger partial charge in [-0.25, -0.2) is 0 Å². The van der Waals surface area contributed by atoms with Gasteiger partial charge in [0.25, 0.3) is 0 Å². The molecule has 0 radical (unpaired) electrons. The molecule has 0 aromatic carbocycles. The van der Waals surface area contributed by atoms with Gasteiger partial charge in [-0.05, 0) is 5.16 Å². The van der Waals surface area contributed by atoms with Crippen molar-refractivity contribution in [3.05, 3.63) is 0 Å². The maximum Gasteiger partial charge on any atom is 0.00812 e. The molecule has 0 fully saturated rings. The molecule has 0 saturated carbocycles. The molecule has 0 aromatic rings. The first-order chi connectivity index (χ1) is 2.56. The quantitative estimate of drug-likeness (QED) is 0.357. The van der Waals surface area contributed by atoms with E-state index in [9.17, 15) is 0 Å². The van der Waals surface area contributed by atoms with Crippen LogP contribution in [-0.2, 0) is 0 Å². The maximum absolute atomic E-state index is 2.78. The molecule has 1 atom stereocenters. The van der Waals surface area contributed by atoms with Crippen molar-refractivity contribution >= 4 is 31.8 Å². The van der Waals surface area contributed by atoms with E-state index >= 15 is 0 Å². The van der Waals surface area contributed by atoms with Crippen LogP contribution in [0.3, 0.4) is 0 Å². The maximum atomic E-state index is 2.78. The number of halogens is 1. The molecule has 0 aliphatic heterocycles. The highest BCUT2D eigenvalue weighted by Crippen LogP contribution is 2.17. The first-order valence-corrected chi connectivity index (χ1v) is 4.01. The summed E-state index contributed by atoms with van der Waals surface area (Å²) in [4.78, 5) is 0. The highest BCUT2D eigenvalue weighted by Gasteiger charge is 2.04. The van der Waals surface area contributed by atoms with Crippen molar-refractivity contribution < 1.29 is 0 Å². The van der Waals surface area contributed by atoms with Crippen LogP contribution in [0.15, 0.2) is 0 Å². The van der Waals surface area contributed by atoms with Crippen molar-refractivity contribution in [2.24, 2.45) is 0 Å². The van der Waals surface area contributed by atoms with Crippen LogP contribution in [-0.4, -0.2) is 9.58 Å². The van der Waals surface area contributed by atoms with Crippen molar-refractivity contribution in [3.63, 3.8) is 0 Å². The topological polar surface area (TPSA) is 0 Å². The van der Waals surface area contributed by atoms with Crippen LogP contribution in [0.1, 0.15) is 13.8 Å². The minimum absolute atomic E-state index is 0.445. The van der Waals surface area contributed by atoms with Gasteiger partial charge >= 0.3 is 0 Å². The molecule has 0 spiro atoms. The predicted molar refractivity (Wildman–Crippen MR) is 42.7 cm³/mol. The minimum Gasteiger partial charge on any atom is -0.131 e. The largest absolute Gasteiger partial charge is 0.131 e. The Labute approximate surface area is 55.4 Å². The van der Waals surface area contributed by atoms with Crippen molar-refractivity contribution in [2.45, 2.75) is 19.0 Å². The zero-order valence-corrected chi connectivity index (χ0v) is 7.47. The molecule has 38 valence electrons. The second-order valence-corrected chi connectivity index (χ2v) is 4.45. The summed E-state index contributed by atoms with van der Waals surface area (Å²) < 4.78 is 1.20. The summed E-state index contributed by atoms with van der Waals surface area (Å²) in [6.07, 6.45) is 0. The molecule has 0 aliphatic carbocycles. The van der Waals surface area contributed by atoms with E-state index in [1.54, 1.807) is 0 Å². The molecule has 0 heterocycles. The Bertz CT molecular complexity index is 37.3. The SMILES string of the molecule is CC(C)(P)CI. The predicted octanol–water partition coefficient (Wildman–Crippen LogP) is 2.08. The lowest BCUT2D eigenvalue weighted by atomic mass is 10.3. The van der Waals surface area contributed by atoms with E-state index < -0.39 is 0 Å². The number of hydrogen-bond acceptors (Lipinski definition) is 0. The smallest absolute Gasteiger partial charge is 0.00812 e. The van der Waals surface area contributed by atoms with Crippen molar-refractivity contribution in [1.29, 1.82) is 0 Å². The Morgan fingerprint density at radius 3 is 1.83 bits per heavy atom. The van der Waals surface area contributed by atoms with Gasteiger partial charge in [0.1, 0.15) is 0 Å². The van der Waals surface area contributed by atoms with Crippen LogP contribution < -0.4 is 0 Å². The van der Waals surface area contributed by atoms with Crippen molar-refractivity contribution in [1.82, 2.24) is 0 Å². The number of hydrogen-bond donors (Lipinski definition) is 0. The van der Waals surface area contributed by atoms with Gasteiger partial charge in [-0.2, -0.15) is 0 Å². The van der Waals surface area contributed by atoms with Gasteiger partial charge in [0.2, 0.25) is 0 Å². The van der Waals surface area contributed by atoms with Gasteiger partial charge in [0.15, 0.2) is 0 Å². The highest BCUT2D eigenvalue weighted by atomic mass is 127. The fraction of sp³-hybridized carbons (Fsp3) is 1.00. The molecule has 0 aromatic heterocycles. The third-order valence-corrected chi connectivity index (χ3v) is 3.35. The van der Waals surface area contributed by atoms with Crippen molar-refractivity contribution in [3.8, 4) is 0 Å². The summed E-state index contributed by atoms with van der Waals surface area (Å²) in [5, 5.41) is 0.445. The van der Waals surface area contributed by atoms with Crippen LogP contribution in [0.25, 0.3) is 0 Å². The number of rotatable bonds is 1. The summed E-state index contributed by atoms with van der Waals surface area (Å²) in [5.74, 6) is 0. The van der Waals surface area contributed by atoms with Gasteiger partial charge in [-0.1, -0.05) is 36.4 Å². The van der Waals surface area contributed by atoms with E-state index in [0.29, 0.717) is 5.16 Å². The fourth-order valence-corrected chi connectivity index (χ4v) is 0. The van der Waals surface area contributed by atoms with Crippen LogP contribution in [0, 0.1) is 0 Å². The molecular formula is C4H10IP. The van der Waals surface area contributed by atoms with E-state index in [4.69, 9.17) is 0 Å². The lowest BCUT2D eigenvalue weighted by molar-refractivity contribution is 0.831. The molecule has 0 rings (SSSR count). The second kappa shape index (κ2) is 2.46. The van der Waals surface area contributed by atoms with Crippen LogP contribution >= 0.6 is 31.8 Å². The Hall–Kier alpha value is 1.16. The molecule has 6 heavy (non-hydrogen) atoms. The van der Waals surface area contributed by atoms with Crippen LogP contribution in [0.4, 0.5) is 0 Å². The lowest BCUT2D eigenvalue weighted by Gasteiger charge is -2.11. The molecule has 1 unspecified atom stereocenters. The molecule has 2 heteroatoms. The van der Waals surface area contributed by atoms with Gasteiger partial charge in [-0.15, -0.1) is 9.24 Å². The Kier molecular flexibility index (Phi) is 2.94. The second-order valence-electron chi connectivity index (χ2n) is 2.12. The van der Waals surface area contributed by atoms with Gasteiger partial charge in [0.05, 0.1) is 0 Å². The highest BCUT2D eigenvalue weighted by molar-refractivity contribution is 14.1. The fourth-order valence-electron chi connectivity index (χ4n) is 0. The molecule has 0 aliphatic rings.